The average molecular weight is 680 g/mol. The summed E-state index contributed by atoms with van der Waals surface area (Å²) >= 11 is 6.34. The Morgan fingerprint density at radius 1 is 0.875 bits per heavy atom. The number of nitrogens with zero attached hydrogens (tertiary/aromatic N) is 4. The molecule has 0 saturated carbocycles. The molecular formula is C35H46ClN7O5. The Hall–Kier alpha value is -4.32. The van der Waals surface area contributed by atoms with Crippen LogP contribution in [-0.2, 0) is 19.1 Å². The number of halogens is 1. The van der Waals surface area contributed by atoms with E-state index < -0.39 is 17.4 Å². The Kier molecular flexibility index (Phi) is 13.1. The van der Waals surface area contributed by atoms with E-state index in [9.17, 15) is 19.2 Å². The van der Waals surface area contributed by atoms with Crippen LogP contribution in [0.25, 0.3) is 0 Å². The number of amides is 4. The Labute approximate surface area is 287 Å². The highest BCUT2D eigenvalue weighted by molar-refractivity contribution is 6.32. The van der Waals surface area contributed by atoms with Crippen LogP contribution in [0.5, 0.6) is 0 Å². The zero-order chi connectivity index (χ0) is 34.6. The molecule has 0 saturated heterocycles. The van der Waals surface area contributed by atoms with Gasteiger partial charge in [0, 0.05) is 68.0 Å². The summed E-state index contributed by atoms with van der Waals surface area (Å²) in [5.74, 6) is -0.316. The van der Waals surface area contributed by atoms with Gasteiger partial charge in [0.15, 0.2) is 5.66 Å². The summed E-state index contributed by atoms with van der Waals surface area (Å²) in [7, 11) is 0. The molecule has 0 fully saturated rings. The molecule has 0 radical (unpaired) electrons. The lowest BCUT2D eigenvalue weighted by molar-refractivity contribution is -0.121. The number of nitrogens with one attached hydrogen (secondary N) is 3. The van der Waals surface area contributed by atoms with Crippen molar-refractivity contribution in [3.05, 3.63) is 64.7 Å². The maximum absolute atomic E-state index is 13.1. The molecule has 2 aliphatic heterocycles. The van der Waals surface area contributed by atoms with Crippen LogP contribution in [0.15, 0.2) is 63.8 Å². The molecule has 0 aromatic heterocycles. The second kappa shape index (κ2) is 17.2. The van der Waals surface area contributed by atoms with Crippen LogP contribution in [0.1, 0.15) is 83.3 Å². The minimum absolute atomic E-state index is 0.0189. The molecule has 2 aliphatic rings. The van der Waals surface area contributed by atoms with E-state index in [1.165, 1.54) is 0 Å². The van der Waals surface area contributed by atoms with Crippen molar-refractivity contribution < 1.29 is 23.9 Å². The molecule has 0 bridgehead atoms. The molecule has 2 heterocycles. The maximum Gasteiger partial charge on any atom is 0.407 e. The first-order chi connectivity index (χ1) is 22.9. The van der Waals surface area contributed by atoms with E-state index in [1.54, 1.807) is 11.0 Å². The van der Waals surface area contributed by atoms with Gasteiger partial charge in [-0.3, -0.25) is 19.4 Å². The Bertz CT molecular complexity index is 1500. The number of aliphatic imine (C=N–C) groups is 1. The standard InChI is InChI=1S/C35H46ClN7O5/c1-34(2,3)48-33(47)39-20-9-5-8-19-37-29(44)15-17-35(41-42-35)18-16-30(45)38-21-10-22-43-28-14-13-26(36)23-27(28)32(40-24-31(43)46)25-11-6-4-7-12-25/h4,6-7,11-14,23H,5,8-10,15-22,24H2,1-3H3,(H,37,44)(H,38,45)(H,39,47). The highest BCUT2D eigenvalue weighted by Gasteiger charge is 2.40. The lowest BCUT2D eigenvalue weighted by Gasteiger charge is -2.23. The highest BCUT2D eigenvalue weighted by atomic mass is 35.5. The molecule has 258 valence electrons. The van der Waals surface area contributed by atoms with Crippen LogP contribution in [0.2, 0.25) is 5.02 Å². The van der Waals surface area contributed by atoms with Crippen molar-refractivity contribution >= 4 is 46.8 Å². The molecule has 12 nitrogen and oxygen atoms in total. The number of hydrogen-bond donors (Lipinski definition) is 3. The smallest absolute Gasteiger partial charge is 0.407 e. The number of carbonyl (C=O) groups is 4. The molecule has 4 rings (SSSR count). The van der Waals surface area contributed by atoms with Crippen LogP contribution in [0, 0.1) is 0 Å². The second-order valence-corrected chi connectivity index (χ2v) is 13.4. The van der Waals surface area contributed by atoms with E-state index in [1.807, 2.05) is 63.2 Å². The van der Waals surface area contributed by atoms with Gasteiger partial charge in [0.2, 0.25) is 17.7 Å². The molecule has 48 heavy (non-hydrogen) atoms. The van der Waals surface area contributed by atoms with Crippen molar-refractivity contribution in [1.29, 1.82) is 0 Å². The molecule has 0 unspecified atom stereocenters. The van der Waals surface area contributed by atoms with Crippen molar-refractivity contribution in [2.45, 2.75) is 83.4 Å². The van der Waals surface area contributed by atoms with Crippen LogP contribution in [0.3, 0.4) is 0 Å². The summed E-state index contributed by atoms with van der Waals surface area (Å²) in [6, 6.07) is 15.2. The third-order valence-electron chi connectivity index (χ3n) is 7.84. The summed E-state index contributed by atoms with van der Waals surface area (Å²) in [5, 5.41) is 17.4. The lowest BCUT2D eigenvalue weighted by atomic mass is 10.00. The van der Waals surface area contributed by atoms with Gasteiger partial charge in [-0.15, -0.1) is 0 Å². The van der Waals surface area contributed by atoms with E-state index >= 15 is 0 Å². The predicted molar refractivity (Wildman–Crippen MR) is 186 cm³/mol. The van der Waals surface area contributed by atoms with Gasteiger partial charge in [0.05, 0.1) is 11.4 Å². The van der Waals surface area contributed by atoms with Crippen LogP contribution in [-0.4, -0.2) is 73.5 Å². The van der Waals surface area contributed by atoms with E-state index in [4.69, 9.17) is 16.3 Å². The molecule has 0 aliphatic carbocycles. The minimum Gasteiger partial charge on any atom is -0.444 e. The quantitative estimate of drug-likeness (QED) is 0.187. The fourth-order valence-electron chi connectivity index (χ4n) is 5.30. The number of unbranched alkanes of at least 4 members (excludes halogenated alkanes) is 2. The summed E-state index contributed by atoms with van der Waals surface area (Å²) in [5.41, 5.74) is 1.99. The number of alkyl carbamates (subject to hydrolysis) is 1. The third kappa shape index (κ3) is 11.7. The van der Waals surface area contributed by atoms with Crippen LogP contribution in [0.4, 0.5) is 10.5 Å². The topological polar surface area (TPSA) is 154 Å². The fraction of sp³-hybridized carbons (Fsp3) is 0.514. The summed E-state index contributed by atoms with van der Waals surface area (Å²) in [4.78, 5) is 56.0. The van der Waals surface area contributed by atoms with Crippen molar-refractivity contribution in [2.75, 3.05) is 37.6 Å². The zero-order valence-corrected chi connectivity index (χ0v) is 28.8. The van der Waals surface area contributed by atoms with E-state index in [-0.39, 0.29) is 37.1 Å². The molecule has 13 heteroatoms. The van der Waals surface area contributed by atoms with E-state index in [0.29, 0.717) is 50.5 Å². The first-order valence-electron chi connectivity index (χ1n) is 16.6. The maximum atomic E-state index is 13.1. The number of ether oxygens (including phenoxy) is 1. The molecule has 2 aromatic carbocycles. The second-order valence-electron chi connectivity index (χ2n) is 13.0. The molecule has 4 amide bonds. The fourth-order valence-corrected chi connectivity index (χ4v) is 5.47. The number of fused-ring (bicyclic) bond motifs is 1. The SMILES string of the molecule is CC(C)(C)OC(=O)NCCCCCNC(=O)CCC1(CCC(=O)NCCCN2C(=O)CN=C(c3ccccc3)c3cc(Cl)ccc32)N=N1. The van der Waals surface area contributed by atoms with Crippen molar-refractivity contribution in [2.24, 2.45) is 15.2 Å². The van der Waals surface area contributed by atoms with Gasteiger partial charge in [-0.1, -0.05) is 41.9 Å². The minimum atomic E-state index is -0.665. The lowest BCUT2D eigenvalue weighted by Crippen LogP contribution is -2.35. The highest BCUT2D eigenvalue weighted by Crippen LogP contribution is 2.37. The first-order valence-corrected chi connectivity index (χ1v) is 17.0. The predicted octanol–water partition coefficient (Wildman–Crippen LogP) is 5.56. The third-order valence-corrected chi connectivity index (χ3v) is 8.07. The van der Waals surface area contributed by atoms with Gasteiger partial charge in [-0.05, 0) is 64.7 Å². The number of rotatable bonds is 17. The van der Waals surface area contributed by atoms with Crippen molar-refractivity contribution in [1.82, 2.24) is 16.0 Å². The largest absolute Gasteiger partial charge is 0.444 e. The molecule has 3 N–H and O–H groups in total. The molecular weight excluding hydrogens is 634 g/mol. The van der Waals surface area contributed by atoms with Gasteiger partial charge in [-0.25, -0.2) is 4.79 Å². The van der Waals surface area contributed by atoms with E-state index in [0.717, 1.165) is 41.8 Å². The Balaban J connectivity index is 1.10. The normalized spacial score (nSPS) is 14.8. The molecule has 2 aromatic rings. The number of anilines is 1. The number of benzene rings is 2. The number of benzodiazepines with no additional fused rings is 1. The summed E-state index contributed by atoms with van der Waals surface area (Å²) < 4.78 is 5.20. The summed E-state index contributed by atoms with van der Waals surface area (Å²) in [6.07, 6.45) is 4.00. The van der Waals surface area contributed by atoms with Crippen LogP contribution < -0.4 is 20.9 Å². The van der Waals surface area contributed by atoms with E-state index in [2.05, 4.69) is 31.2 Å². The monoisotopic (exact) mass is 679 g/mol. The first kappa shape index (κ1) is 36.5. The Morgan fingerprint density at radius 2 is 1.50 bits per heavy atom. The van der Waals surface area contributed by atoms with Gasteiger partial charge in [-0.2, -0.15) is 10.2 Å². The van der Waals surface area contributed by atoms with Crippen LogP contribution >= 0.6 is 11.6 Å². The Morgan fingerprint density at radius 3 is 2.12 bits per heavy atom. The van der Waals surface area contributed by atoms with Gasteiger partial charge < -0.3 is 25.6 Å². The van der Waals surface area contributed by atoms with Gasteiger partial charge >= 0.3 is 6.09 Å². The molecule has 0 spiro atoms. The zero-order valence-electron chi connectivity index (χ0n) is 28.0. The van der Waals surface area contributed by atoms with Gasteiger partial charge in [0.1, 0.15) is 12.1 Å². The van der Waals surface area contributed by atoms with Crippen molar-refractivity contribution in [3.8, 4) is 0 Å². The number of hydrogen-bond acceptors (Lipinski definition) is 8. The number of carbonyl (C=O) groups excluding carboxylic acids is 4. The molecule has 0 atom stereocenters. The average Bonchev–Trinajstić information content (AvgIpc) is 3.84. The summed E-state index contributed by atoms with van der Waals surface area (Å²) in [6.45, 7) is 7.37. The van der Waals surface area contributed by atoms with Gasteiger partial charge in [0.25, 0.3) is 0 Å². The van der Waals surface area contributed by atoms with Crippen molar-refractivity contribution in [3.63, 3.8) is 0 Å².